The molecule has 0 radical (unpaired) electrons. The molecule has 1 aromatic rings. The number of piperidine rings is 1. The van der Waals surface area contributed by atoms with Crippen LogP contribution in [0.25, 0.3) is 0 Å². The molecule has 1 aromatic carbocycles. The average Bonchev–Trinajstić information content (AvgIpc) is 2.54. The standard InChI is InChI=1S/C18H25FN2O2/c1-18(12-23-13-18)11-20-17(22)16(21-9-3-2-4-10-21)14-5-7-15(19)8-6-14/h5-8,16H,2-4,9-13H2,1H3,(H,20,22)/t16-/m0/s1. The second-order valence-corrected chi connectivity index (χ2v) is 7.07. The van der Waals surface area contributed by atoms with Gasteiger partial charge in [0.15, 0.2) is 0 Å². The number of likely N-dealkylation sites (tertiary alicyclic amines) is 1. The Morgan fingerprint density at radius 1 is 1.26 bits per heavy atom. The first-order valence-electron chi connectivity index (χ1n) is 8.42. The van der Waals surface area contributed by atoms with E-state index in [9.17, 15) is 9.18 Å². The van der Waals surface area contributed by atoms with Gasteiger partial charge in [-0.2, -0.15) is 0 Å². The first kappa shape index (κ1) is 16.4. The summed E-state index contributed by atoms with van der Waals surface area (Å²) in [6, 6.07) is 5.98. The Morgan fingerprint density at radius 3 is 2.48 bits per heavy atom. The normalized spacial score (nSPS) is 22.2. The fraction of sp³-hybridized carbons (Fsp3) is 0.611. The maximum Gasteiger partial charge on any atom is 0.241 e. The Hall–Kier alpha value is -1.46. The van der Waals surface area contributed by atoms with Crippen molar-refractivity contribution in [3.05, 3.63) is 35.6 Å². The van der Waals surface area contributed by atoms with Crippen LogP contribution in [0.15, 0.2) is 24.3 Å². The summed E-state index contributed by atoms with van der Waals surface area (Å²) in [5.41, 5.74) is 0.908. The Balaban J connectivity index is 1.73. The minimum Gasteiger partial charge on any atom is -0.380 e. The number of carbonyl (C=O) groups excluding carboxylic acids is 1. The van der Waals surface area contributed by atoms with Crippen molar-refractivity contribution in [1.82, 2.24) is 10.2 Å². The van der Waals surface area contributed by atoms with E-state index in [-0.39, 0.29) is 23.2 Å². The van der Waals surface area contributed by atoms with Crippen molar-refractivity contribution in [2.45, 2.75) is 32.2 Å². The predicted octanol–water partition coefficient (Wildman–Crippen LogP) is 2.51. The van der Waals surface area contributed by atoms with E-state index < -0.39 is 0 Å². The lowest BCUT2D eigenvalue weighted by Crippen LogP contribution is -2.51. The van der Waals surface area contributed by atoms with Gasteiger partial charge in [-0.1, -0.05) is 25.5 Å². The zero-order valence-electron chi connectivity index (χ0n) is 13.7. The van der Waals surface area contributed by atoms with Crippen molar-refractivity contribution in [1.29, 1.82) is 0 Å². The third-order valence-corrected chi connectivity index (χ3v) is 4.78. The largest absolute Gasteiger partial charge is 0.380 e. The number of ether oxygens (including phenoxy) is 1. The van der Waals surface area contributed by atoms with Crippen LogP contribution in [0, 0.1) is 11.2 Å². The van der Waals surface area contributed by atoms with E-state index >= 15 is 0 Å². The number of halogens is 1. The van der Waals surface area contributed by atoms with Gasteiger partial charge in [-0.3, -0.25) is 9.69 Å². The molecule has 2 heterocycles. The van der Waals surface area contributed by atoms with Crippen LogP contribution in [0.1, 0.15) is 37.8 Å². The van der Waals surface area contributed by atoms with Crippen molar-refractivity contribution >= 4 is 5.91 Å². The van der Waals surface area contributed by atoms with Gasteiger partial charge in [0, 0.05) is 12.0 Å². The number of nitrogens with one attached hydrogen (secondary N) is 1. The highest BCUT2D eigenvalue weighted by molar-refractivity contribution is 5.83. The Labute approximate surface area is 137 Å². The van der Waals surface area contributed by atoms with Crippen LogP contribution in [0.5, 0.6) is 0 Å². The second-order valence-electron chi connectivity index (χ2n) is 7.07. The lowest BCUT2D eigenvalue weighted by Gasteiger charge is -2.39. The van der Waals surface area contributed by atoms with Gasteiger partial charge < -0.3 is 10.1 Å². The highest BCUT2D eigenvalue weighted by Crippen LogP contribution is 2.28. The van der Waals surface area contributed by atoms with Crippen LogP contribution in [-0.4, -0.2) is 43.7 Å². The summed E-state index contributed by atoms with van der Waals surface area (Å²) in [5.74, 6) is -0.266. The maximum atomic E-state index is 13.2. The Morgan fingerprint density at radius 2 is 1.91 bits per heavy atom. The molecular formula is C18H25FN2O2. The summed E-state index contributed by atoms with van der Waals surface area (Å²) in [4.78, 5) is 15.0. The lowest BCUT2D eigenvalue weighted by atomic mass is 9.88. The molecule has 4 nitrogen and oxygen atoms in total. The monoisotopic (exact) mass is 320 g/mol. The molecule has 0 aromatic heterocycles. The SMILES string of the molecule is CC1(CNC(=O)[C@H](c2ccc(F)cc2)N2CCCCC2)COC1. The molecule has 1 N–H and O–H groups in total. The minimum atomic E-state index is -0.333. The van der Waals surface area contributed by atoms with Crippen LogP contribution in [0.2, 0.25) is 0 Å². The topological polar surface area (TPSA) is 41.6 Å². The van der Waals surface area contributed by atoms with Gasteiger partial charge >= 0.3 is 0 Å². The molecule has 0 spiro atoms. The van der Waals surface area contributed by atoms with E-state index in [0.29, 0.717) is 19.8 Å². The maximum absolute atomic E-state index is 13.2. The van der Waals surface area contributed by atoms with E-state index in [1.807, 2.05) is 0 Å². The van der Waals surface area contributed by atoms with Crippen molar-refractivity contribution in [3.63, 3.8) is 0 Å². The van der Waals surface area contributed by atoms with Gasteiger partial charge in [0.25, 0.3) is 0 Å². The fourth-order valence-corrected chi connectivity index (χ4v) is 3.30. The Kier molecular flexibility index (Phi) is 4.97. The highest BCUT2D eigenvalue weighted by atomic mass is 19.1. The van der Waals surface area contributed by atoms with Crippen molar-refractivity contribution in [2.75, 3.05) is 32.8 Å². The molecule has 23 heavy (non-hydrogen) atoms. The molecule has 2 aliphatic rings. The number of hydrogen-bond donors (Lipinski definition) is 1. The quantitative estimate of drug-likeness (QED) is 0.906. The van der Waals surface area contributed by atoms with Crippen LogP contribution in [-0.2, 0) is 9.53 Å². The zero-order valence-corrected chi connectivity index (χ0v) is 13.7. The number of amides is 1. The average molecular weight is 320 g/mol. The molecule has 2 saturated heterocycles. The smallest absolute Gasteiger partial charge is 0.241 e. The molecule has 2 aliphatic heterocycles. The molecule has 0 bridgehead atoms. The number of hydrogen-bond acceptors (Lipinski definition) is 3. The van der Waals surface area contributed by atoms with Gasteiger partial charge in [0.05, 0.1) is 13.2 Å². The summed E-state index contributed by atoms with van der Waals surface area (Å²) in [7, 11) is 0. The van der Waals surface area contributed by atoms with E-state index in [4.69, 9.17) is 4.74 Å². The van der Waals surface area contributed by atoms with E-state index in [0.717, 1.165) is 31.5 Å². The molecular weight excluding hydrogens is 295 g/mol. The molecule has 0 saturated carbocycles. The number of nitrogens with zero attached hydrogens (tertiary/aromatic N) is 1. The minimum absolute atomic E-state index is 0.00614. The van der Waals surface area contributed by atoms with E-state index in [2.05, 4.69) is 17.1 Å². The van der Waals surface area contributed by atoms with Gasteiger partial charge in [0.1, 0.15) is 11.9 Å². The third kappa shape index (κ3) is 3.90. The summed E-state index contributed by atoms with van der Waals surface area (Å²) in [5, 5.41) is 3.08. The van der Waals surface area contributed by atoms with Crippen molar-refractivity contribution < 1.29 is 13.9 Å². The molecule has 1 amide bonds. The van der Waals surface area contributed by atoms with Gasteiger partial charge in [0.2, 0.25) is 5.91 Å². The van der Waals surface area contributed by atoms with E-state index in [1.165, 1.54) is 18.6 Å². The fourth-order valence-electron chi connectivity index (χ4n) is 3.30. The summed E-state index contributed by atoms with van der Waals surface area (Å²) in [6.45, 7) is 5.95. The molecule has 5 heteroatoms. The van der Waals surface area contributed by atoms with Crippen LogP contribution >= 0.6 is 0 Å². The zero-order chi connectivity index (χ0) is 16.3. The van der Waals surface area contributed by atoms with Gasteiger partial charge in [-0.05, 0) is 43.6 Å². The van der Waals surface area contributed by atoms with Gasteiger partial charge in [-0.25, -0.2) is 4.39 Å². The lowest BCUT2D eigenvalue weighted by molar-refractivity contribution is -0.132. The van der Waals surface area contributed by atoms with Crippen molar-refractivity contribution in [2.24, 2.45) is 5.41 Å². The molecule has 0 unspecified atom stereocenters. The predicted molar refractivity (Wildman–Crippen MR) is 86.5 cm³/mol. The number of carbonyl (C=O) groups is 1. The Bertz CT molecular complexity index is 536. The second kappa shape index (κ2) is 6.97. The van der Waals surface area contributed by atoms with Crippen molar-refractivity contribution in [3.8, 4) is 0 Å². The summed E-state index contributed by atoms with van der Waals surface area (Å²) < 4.78 is 18.5. The molecule has 3 rings (SSSR count). The van der Waals surface area contributed by atoms with Gasteiger partial charge in [-0.15, -0.1) is 0 Å². The summed E-state index contributed by atoms with van der Waals surface area (Å²) >= 11 is 0. The first-order chi connectivity index (χ1) is 11.1. The van der Waals surface area contributed by atoms with Crippen LogP contribution in [0.3, 0.4) is 0 Å². The molecule has 1 atom stereocenters. The molecule has 0 aliphatic carbocycles. The molecule has 2 fully saturated rings. The molecule has 126 valence electrons. The first-order valence-corrected chi connectivity index (χ1v) is 8.42. The summed E-state index contributed by atoms with van der Waals surface area (Å²) in [6.07, 6.45) is 3.43. The number of benzene rings is 1. The number of rotatable bonds is 5. The van der Waals surface area contributed by atoms with Crippen LogP contribution in [0.4, 0.5) is 4.39 Å². The van der Waals surface area contributed by atoms with E-state index in [1.54, 1.807) is 12.1 Å². The highest BCUT2D eigenvalue weighted by Gasteiger charge is 2.35. The van der Waals surface area contributed by atoms with Crippen LogP contribution < -0.4 is 5.32 Å². The third-order valence-electron chi connectivity index (χ3n) is 4.78.